The molecule has 0 aliphatic rings. The molecule has 4 aromatic rings. The van der Waals surface area contributed by atoms with Gasteiger partial charge in [0.15, 0.2) is 0 Å². The number of aryl methyl sites for hydroxylation is 2. The number of hydrogen-bond acceptors (Lipinski definition) is 4. The second-order valence-electron chi connectivity index (χ2n) is 7.21. The molecule has 2 N–H and O–H groups in total. The Balaban J connectivity index is 1.48. The molecule has 0 bridgehead atoms. The summed E-state index contributed by atoms with van der Waals surface area (Å²) in [5, 5.41) is 13.0. The highest BCUT2D eigenvalue weighted by Gasteiger charge is 2.17. The molecule has 5 nitrogen and oxygen atoms in total. The zero-order valence-corrected chi connectivity index (χ0v) is 17.8. The minimum atomic E-state index is -0.110. The lowest BCUT2D eigenvalue weighted by Crippen LogP contribution is -2.32. The summed E-state index contributed by atoms with van der Waals surface area (Å²) < 4.78 is 1.75. The molecule has 0 saturated heterocycles. The standard InChI is InChI=1S/C24H24N4OS/c1-17-10-12-19(13-11-17)24(21-9-6-14-30-21)25-16-23(29)26-22-15-18(2)27-28(22)20-7-4-3-5-8-20/h3-15,24-25H,16H2,1-2H3,(H,26,29). The van der Waals surface area contributed by atoms with Crippen LogP contribution in [-0.4, -0.2) is 22.2 Å². The number of benzene rings is 2. The van der Waals surface area contributed by atoms with Gasteiger partial charge in [0, 0.05) is 10.9 Å². The molecule has 0 saturated carbocycles. The Labute approximate surface area is 180 Å². The predicted octanol–water partition coefficient (Wildman–Crippen LogP) is 4.87. The third kappa shape index (κ3) is 4.67. The van der Waals surface area contributed by atoms with Gasteiger partial charge in [-0.1, -0.05) is 54.1 Å². The fraction of sp³-hybridized carbons (Fsp3) is 0.167. The van der Waals surface area contributed by atoms with Crippen LogP contribution in [0, 0.1) is 13.8 Å². The molecule has 0 aliphatic carbocycles. The van der Waals surface area contributed by atoms with Gasteiger partial charge in [-0.05, 0) is 43.0 Å². The molecule has 1 amide bonds. The van der Waals surface area contributed by atoms with Gasteiger partial charge in [-0.2, -0.15) is 5.10 Å². The van der Waals surface area contributed by atoms with Crippen molar-refractivity contribution in [2.45, 2.75) is 19.9 Å². The lowest BCUT2D eigenvalue weighted by Gasteiger charge is -2.18. The molecule has 0 spiro atoms. The Morgan fingerprint density at radius 3 is 2.50 bits per heavy atom. The summed E-state index contributed by atoms with van der Waals surface area (Å²) >= 11 is 1.68. The molecule has 152 valence electrons. The highest BCUT2D eigenvalue weighted by molar-refractivity contribution is 7.10. The van der Waals surface area contributed by atoms with Crippen molar-refractivity contribution in [2.24, 2.45) is 0 Å². The molecule has 2 heterocycles. The number of para-hydroxylation sites is 1. The average Bonchev–Trinajstić information content (AvgIpc) is 3.40. The topological polar surface area (TPSA) is 59.0 Å². The average molecular weight is 417 g/mol. The third-order valence-corrected chi connectivity index (χ3v) is 5.74. The Hall–Kier alpha value is -3.22. The van der Waals surface area contributed by atoms with Crippen molar-refractivity contribution < 1.29 is 4.79 Å². The molecule has 2 aromatic heterocycles. The first kappa shape index (κ1) is 20.1. The van der Waals surface area contributed by atoms with Crippen molar-refractivity contribution in [2.75, 3.05) is 11.9 Å². The number of hydrogen-bond donors (Lipinski definition) is 2. The molecule has 2 aromatic carbocycles. The molecule has 1 atom stereocenters. The van der Waals surface area contributed by atoms with Gasteiger partial charge in [0.25, 0.3) is 0 Å². The van der Waals surface area contributed by atoms with Gasteiger partial charge in [0.05, 0.1) is 24.0 Å². The lowest BCUT2D eigenvalue weighted by molar-refractivity contribution is -0.115. The van der Waals surface area contributed by atoms with E-state index in [-0.39, 0.29) is 18.5 Å². The largest absolute Gasteiger partial charge is 0.309 e. The van der Waals surface area contributed by atoms with Crippen LogP contribution in [0.15, 0.2) is 78.2 Å². The minimum absolute atomic E-state index is 0.0304. The summed E-state index contributed by atoms with van der Waals surface area (Å²) in [5.41, 5.74) is 4.11. The van der Waals surface area contributed by atoms with Crippen molar-refractivity contribution in [3.8, 4) is 5.69 Å². The van der Waals surface area contributed by atoms with E-state index >= 15 is 0 Å². The van der Waals surface area contributed by atoms with Crippen LogP contribution >= 0.6 is 11.3 Å². The molecule has 6 heteroatoms. The van der Waals surface area contributed by atoms with E-state index in [9.17, 15) is 4.79 Å². The van der Waals surface area contributed by atoms with Gasteiger partial charge in [-0.3, -0.25) is 10.1 Å². The molecule has 30 heavy (non-hydrogen) atoms. The first-order valence-electron chi connectivity index (χ1n) is 9.85. The Bertz CT molecular complexity index is 1100. The van der Waals surface area contributed by atoms with E-state index in [1.54, 1.807) is 16.0 Å². The summed E-state index contributed by atoms with van der Waals surface area (Å²) in [6.45, 7) is 4.18. The van der Waals surface area contributed by atoms with Crippen LogP contribution in [0.3, 0.4) is 0 Å². The van der Waals surface area contributed by atoms with E-state index < -0.39 is 0 Å². The monoisotopic (exact) mass is 416 g/mol. The molecule has 1 unspecified atom stereocenters. The number of carbonyl (C=O) groups is 1. The maximum atomic E-state index is 12.8. The normalized spacial score (nSPS) is 11.9. The van der Waals surface area contributed by atoms with E-state index in [1.165, 1.54) is 10.4 Å². The highest BCUT2D eigenvalue weighted by atomic mass is 32.1. The number of aromatic nitrogens is 2. The van der Waals surface area contributed by atoms with Crippen LogP contribution in [0.2, 0.25) is 0 Å². The number of thiophene rings is 1. The number of amides is 1. The van der Waals surface area contributed by atoms with Crippen LogP contribution in [0.1, 0.15) is 27.7 Å². The Morgan fingerprint density at radius 1 is 1.03 bits per heavy atom. The number of nitrogens with one attached hydrogen (secondary N) is 2. The van der Waals surface area contributed by atoms with Crippen LogP contribution in [0.5, 0.6) is 0 Å². The van der Waals surface area contributed by atoms with E-state index in [1.807, 2.05) is 49.4 Å². The fourth-order valence-electron chi connectivity index (χ4n) is 3.33. The number of nitrogens with zero attached hydrogens (tertiary/aromatic N) is 2. The first-order valence-corrected chi connectivity index (χ1v) is 10.7. The van der Waals surface area contributed by atoms with E-state index in [0.29, 0.717) is 5.82 Å². The maximum absolute atomic E-state index is 12.8. The number of rotatable bonds is 7. The summed E-state index contributed by atoms with van der Waals surface area (Å²) in [6, 6.07) is 24.2. The summed E-state index contributed by atoms with van der Waals surface area (Å²) in [5.74, 6) is 0.550. The predicted molar refractivity (Wildman–Crippen MR) is 122 cm³/mol. The smallest absolute Gasteiger partial charge is 0.239 e. The van der Waals surface area contributed by atoms with Gasteiger partial charge >= 0.3 is 0 Å². The molecule has 0 radical (unpaired) electrons. The van der Waals surface area contributed by atoms with Crippen molar-refractivity contribution in [1.29, 1.82) is 0 Å². The molecule has 0 fully saturated rings. The Morgan fingerprint density at radius 2 is 1.80 bits per heavy atom. The third-order valence-electron chi connectivity index (χ3n) is 4.80. The van der Waals surface area contributed by atoms with Gasteiger partial charge < -0.3 is 5.32 Å². The van der Waals surface area contributed by atoms with Gasteiger partial charge in [0.2, 0.25) is 5.91 Å². The number of carbonyl (C=O) groups excluding carboxylic acids is 1. The summed E-state index contributed by atoms with van der Waals surface area (Å²) in [7, 11) is 0. The zero-order valence-electron chi connectivity index (χ0n) is 17.0. The lowest BCUT2D eigenvalue weighted by atomic mass is 10.0. The van der Waals surface area contributed by atoms with E-state index in [2.05, 4.69) is 58.4 Å². The summed E-state index contributed by atoms with van der Waals surface area (Å²) in [4.78, 5) is 13.9. The Kier molecular flexibility index (Phi) is 6.07. The maximum Gasteiger partial charge on any atom is 0.239 e. The highest BCUT2D eigenvalue weighted by Crippen LogP contribution is 2.26. The quantitative estimate of drug-likeness (QED) is 0.452. The van der Waals surface area contributed by atoms with Gasteiger partial charge in [-0.25, -0.2) is 4.68 Å². The van der Waals surface area contributed by atoms with Crippen molar-refractivity contribution in [1.82, 2.24) is 15.1 Å². The van der Waals surface area contributed by atoms with Crippen LogP contribution < -0.4 is 10.6 Å². The van der Waals surface area contributed by atoms with Crippen LogP contribution in [0.4, 0.5) is 5.82 Å². The molecule has 4 rings (SSSR count). The molecule has 0 aliphatic heterocycles. The molecular weight excluding hydrogens is 392 g/mol. The van der Waals surface area contributed by atoms with Crippen molar-refractivity contribution in [3.63, 3.8) is 0 Å². The second-order valence-corrected chi connectivity index (χ2v) is 8.19. The van der Waals surface area contributed by atoms with Crippen LogP contribution in [-0.2, 0) is 4.79 Å². The summed E-state index contributed by atoms with van der Waals surface area (Å²) in [6.07, 6.45) is 0. The van der Waals surface area contributed by atoms with E-state index in [4.69, 9.17) is 0 Å². The van der Waals surface area contributed by atoms with Crippen molar-refractivity contribution >= 4 is 23.1 Å². The van der Waals surface area contributed by atoms with Crippen LogP contribution in [0.25, 0.3) is 5.69 Å². The SMILES string of the molecule is Cc1ccc(C(NCC(=O)Nc2cc(C)nn2-c2ccccc2)c2cccs2)cc1. The minimum Gasteiger partial charge on any atom is -0.309 e. The van der Waals surface area contributed by atoms with Gasteiger partial charge in [0.1, 0.15) is 5.82 Å². The zero-order chi connectivity index (χ0) is 20.9. The second kappa shape index (κ2) is 9.07. The molecular formula is C24H24N4OS. The number of anilines is 1. The van der Waals surface area contributed by atoms with E-state index in [0.717, 1.165) is 16.9 Å². The fourth-order valence-corrected chi connectivity index (χ4v) is 4.16. The van der Waals surface area contributed by atoms with Crippen molar-refractivity contribution in [3.05, 3.63) is 99.9 Å². The first-order chi connectivity index (χ1) is 14.6. The van der Waals surface area contributed by atoms with Gasteiger partial charge in [-0.15, -0.1) is 11.3 Å².